The molecule has 0 saturated carbocycles. The second kappa shape index (κ2) is 4.83. The van der Waals surface area contributed by atoms with Gasteiger partial charge in [0.15, 0.2) is 5.78 Å². The molecule has 3 heteroatoms. The van der Waals surface area contributed by atoms with Gasteiger partial charge in [0.2, 0.25) is 0 Å². The molecule has 0 unspecified atom stereocenters. The van der Waals surface area contributed by atoms with Crippen molar-refractivity contribution in [1.29, 1.82) is 0 Å². The Bertz CT molecular complexity index is 600. The summed E-state index contributed by atoms with van der Waals surface area (Å²) in [7, 11) is 0. The molecule has 0 atom stereocenters. The highest BCUT2D eigenvalue weighted by Crippen LogP contribution is 2.25. The Labute approximate surface area is 111 Å². The van der Waals surface area contributed by atoms with Crippen LogP contribution < -0.4 is 5.73 Å². The Morgan fingerprint density at radius 1 is 1.11 bits per heavy atom. The molecule has 0 aromatic heterocycles. The number of benzene rings is 2. The maximum Gasteiger partial charge on any atom is 0.196 e. The van der Waals surface area contributed by atoms with E-state index in [1.165, 1.54) is 0 Å². The zero-order chi connectivity index (χ0) is 13.3. The van der Waals surface area contributed by atoms with E-state index in [1.54, 1.807) is 24.3 Å². The van der Waals surface area contributed by atoms with Crippen LogP contribution in [0.1, 0.15) is 27.0 Å². The molecular formula is C15H14ClNO. The molecule has 0 heterocycles. The molecule has 0 amide bonds. The third-order valence-corrected chi connectivity index (χ3v) is 3.36. The van der Waals surface area contributed by atoms with Crippen molar-refractivity contribution in [2.45, 2.75) is 13.8 Å². The van der Waals surface area contributed by atoms with E-state index in [0.717, 1.165) is 11.1 Å². The maximum absolute atomic E-state index is 12.4. The highest BCUT2D eigenvalue weighted by molar-refractivity contribution is 6.35. The molecule has 0 fully saturated rings. The lowest BCUT2D eigenvalue weighted by molar-refractivity contribution is 0.103. The van der Waals surface area contributed by atoms with Crippen LogP contribution in [0.15, 0.2) is 36.4 Å². The largest absolute Gasteiger partial charge is 0.398 e. The third kappa shape index (κ3) is 2.24. The lowest BCUT2D eigenvalue weighted by atomic mass is 9.98. The third-order valence-electron chi connectivity index (χ3n) is 3.04. The molecule has 0 radical (unpaired) electrons. The topological polar surface area (TPSA) is 43.1 Å². The SMILES string of the molecule is Cc1ccc(C(=O)c2c(N)cccc2Cl)cc1C. The van der Waals surface area contributed by atoms with Gasteiger partial charge in [0, 0.05) is 11.3 Å². The standard InChI is InChI=1S/C15H14ClNO/c1-9-6-7-11(8-10(9)2)15(18)14-12(16)4-3-5-13(14)17/h3-8H,17H2,1-2H3. The van der Waals surface area contributed by atoms with E-state index in [4.69, 9.17) is 17.3 Å². The summed E-state index contributed by atoms with van der Waals surface area (Å²) in [6, 6.07) is 10.7. The first-order valence-electron chi connectivity index (χ1n) is 5.66. The van der Waals surface area contributed by atoms with Crippen molar-refractivity contribution in [2.75, 3.05) is 5.73 Å². The maximum atomic E-state index is 12.4. The number of rotatable bonds is 2. The van der Waals surface area contributed by atoms with Gasteiger partial charge >= 0.3 is 0 Å². The summed E-state index contributed by atoms with van der Waals surface area (Å²) in [5.74, 6) is -0.138. The van der Waals surface area contributed by atoms with Gasteiger partial charge in [-0.3, -0.25) is 4.79 Å². The minimum Gasteiger partial charge on any atom is -0.398 e. The van der Waals surface area contributed by atoms with Gasteiger partial charge in [-0.25, -0.2) is 0 Å². The molecule has 0 aliphatic heterocycles. The number of nitrogens with two attached hydrogens (primary N) is 1. The molecular weight excluding hydrogens is 246 g/mol. The normalized spacial score (nSPS) is 10.4. The molecule has 0 bridgehead atoms. The number of halogens is 1. The molecule has 2 aromatic rings. The van der Waals surface area contributed by atoms with Gasteiger partial charge in [-0.2, -0.15) is 0 Å². The first-order valence-corrected chi connectivity index (χ1v) is 6.04. The van der Waals surface area contributed by atoms with Crippen molar-refractivity contribution in [3.05, 3.63) is 63.7 Å². The van der Waals surface area contributed by atoms with Crippen LogP contribution in [0.3, 0.4) is 0 Å². The van der Waals surface area contributed by atoms with E-state index in [1.807, 2.05) is 26.0 Å². The van der Waals surface area contributed by atoms with Gasteiger partial charge in [0.1, 0.15) is 0 Å². The van der Waals surface area contributed by atoms with Crippen LogP contribution in [-0.4, -0.2) is 5.78 Å². The zero-order valence-electron chi connectivity index (χ0n) is 10.3. The quantitative estimate of drug-likeness (QED) is 0.659. The van der Waals surface area contributed by atoms with E-state index in [9.17, 15) is 4.79 Å². The van der Waals surface area contributed by atoms with Crippen LogP contribution in [-0.2, 0) is 0 Å². The summed E-state index contributed by atoms with van der Waals surface area (Å²) in [6.07, 6.45) is 0. The van der Waals surface area contributed by atoms with Crippen LogP contribution in [0.4, 0.5) is 5.69 Å². The number of nitrogen functional groups attached to an aromatic ring is 1. The first-order chi connectivity index (χ1) is 8.50. The monoisotopic (exact) mass is 259 g/mol. The van der Waals surface area contributed by atoms with E-state index in [0.29, 0.717) is 21.8 Å². The molecule has 0 spiro atoms. The smallest absolute Gasteiger partial charge is 0.196 e. The lowest BCUT2D eigenvalue weighted by Crippen LogP contribution is -2.06. The van der Waals surface area contributed by atoms with Gasteiger partial charge < -0.3 is 5.73 Å². The zero-order valence-corrected chi connectivity index (χ0v) is 11.1. The molecule has 92 valence electrons. The number of aryl methyl sites for hydroxylation is 2. The second-order valence-corrected chi connectivity index (χ2v) is 4.74. The number of carbonyl (C=O) groups excluding carboxylic acids is 1. The Hall–Kier alpha value is -1.80. The van der Waals surface area contributed by atoms with Gasteiger partial charge in [-0.15, -0.1) is 0 Å². The summed E-state index contributed by atoms with van der Waals surface area (Å²) >= 11 is 6.04. The van der Waals surface area contributed by atoms with Crippen LogP contribution in [0.25, 0.3) is 0 Å². The fourth-order valence-corrected chi connectivity index (χ4v) is 2.08. The summed E-state index contributed by atoms with van der Waals surface area (Å²) in [4.78, 5) is 12.4. The molecule has 0 saturated heterocycles. The van der Waals surface area contributed by atoms with Crippen molar-refractivity contribution >= 4 is 23.1 Å². The van der Waals surface area contributed by atoms with Gasteiger partial charge in [0.05, 0.1) is 10.6 Å². The Kier molecular flexibility index (Phi) is 3.39. The van der Waals surface area contributed by atoms with E-state index >= 15 is 0 Å². The van der Waals surface area contributed by atoms with E-state index in [-0.39, 0.29) is 5.78 Å². The molecule has 2 N–H and O–H groups in total. The fourth-order valence-electron chi connectivity index (χ4n) is 1.81. The number of carbonyl (C=O) groups is 1. The first kappa shape index (κ1) is 12.7. The van der Waals surface area contributed by atoms with Crippen molar-refractivity contribution in [1.82, 2.24) is 0 Å². The summed E-state index contributed by atoms with van der Waals surface area (Å²) in [5.41, 5.74) is 9.44. The number of hydrogen-bond donors (Lipinski definition) is 1. The molecule has 0 aliphatic carbocycles. The van der Waals surface area contributed by atoms with Crippen LogP contribution in [0, 0.1) is 13.8 Å². The highest BCUT2D eigenvalue weighted by Gasteiger charge is 2.16. The average molecular weight is 260 g/mol. The van der Waals surface area contributed by atoms with Gasteiger partial charge in [-0.1, -0.05) is 29.8 Å². The molecule has 0 aliphatic rings. The summed E-state index contributed by atoms with van der Waals surface area (Å²) in [6.45, 7) is 3.98. The predicted octanol–water partition coefficient (Wildman–Crippen LogP) is 3.77. The van der Waals surface area contributed by atoms with Crippen LogP contribution in [0.2, 0.25) is 5.02 Å². The van der Waals surface area contributed by atoms with Crippen molar-refractivity contribution in [3.8, 4) is 0 Å². The Morgan fingerprint density at radius 2 is 1.83 bits per heavy atom. The lowest BCUT2D eigenvalue weighted by Gasteiger charge is -2.08. The Morgan fingerprint density at radius 3 is 2.44 bits per heavy atom. The summed E-state index contributed by atoms with van der Waals surface area (Å²) in [5, 5.41) is 0.387. The van der Waals surface area contributed by atoms with Crippen molar-refractivity contribution < 1.29 is 4.79 Å². The molecule has 2 nitrogen and oxygen atoms in total. The van der Waals surface area contributed by atoms with E-state index in [2.05, 4.69) is 0 Å². The summed E-state index contributed by atoms with van der Waals surface area (Å²) < 4.78 is 0. The average Bonchev–Trinajstić information content (AvgIpc) is 2.32. The second-order valence-electron chi connectivity index (χ2n) is 4.33. The molecule has 2 aromatic carbocycles. The fraction of sp³-hybridized carbons (Fsp3) is 0.133. The van der Waals surface area contributed by atoms with Gasteiger partial charge in [-0.05, 0) is 43.2 Å². The van der Waals surface area contributed by atoms with Crippen molar-refractivity contribution in [3.63, 3.8) is 0 Å². The molecule has 2 rings (SSSR count). The molecule has 18 heavy (non-hydrogen) atoms. The number of anilines is 1. The van der Waals surface area contributed by atoms with Crippen molar-refractivity contribution in [2.24, 2.45) is 0 Å². The van der Waals surface area contributed by atoms with Crippen LogP contribution >= 0.6 is 11.6 Å². The number of ketones is 1. The minimum absolute atomic E-state index is 0.138. The minimum atomic E-state index is -0.138. The van der Waals surface area contributed by atoms with E-state index < -0.39 is 0 Å². The predicted molar refractivity (Wildman–Crippen MR) is 75.2 cm³/mol. The highest BCUT2D eigenvalue weighted by atomic mass is 35.5. The Balaban J connectivity index is 2.51. The van der Waals surface area contributed by atoms with Crippen LogP contribution in [0.5, 0.6) is 0 Å². The number of hydrogen-bond acceptors (Lipinski definition) is 2. The van der Waals surface area contributed by atoms with Gasteiger partial charge in [0.25, 0.3) is 0 Å².